The van der Waals surface area contributed by atoms with Gasteiger partial charge in [-0.3, -0.25) is 10.1 Å². The third-order valence-electron chi connectivity index (χ3n) is 3.09. The van der Waals surface area contributed by atoms with Gasteiger partial charge in [0.1, 0.15) is 0 Å². The molecule has 1 aromatic rings. The summed E-state index contributed by atoms with van der Waals surface area (Å²) < 4.78 is 5.55. The molecule has 1 heterocycles. The highest BCUT2D eigenvalue weighted by atomic mass is 16.6. The first-order valence-corrected chi connectivity index (χ1v) is 6.06. The number of ether oxygens (including phenoxy) is 1. The highest BCUT2D eigenvalue weighted by Gasteiger charge is 2.26. The number of nitro benzene ring substituents is 1. The van der Waals surface area contributed by atoms with Gasteiger partial charge in [-0.1, -0.05) is 0 Å². The molecule has 0 radical (unpaired) electrons. The number of hydrogen-bond donors (Lipinski definition) is 2. The standard InChI is InChI=1S/C12H17N3O4/c1-8-5-14(6-10(7-16)19-8)12-3-2-9(15(17)18)4-11(12)13/h2-4,8,10,16H,5-7,13H2,1H3. The molecule has 0 aromatic heterocycles. The second-order valence-electron chi connectivity index (χ2n) is 4.66. The van der Waals surface area contributed by atoms with Crippen LogP contribution in [0.2, 0.25) is 0 Å². The number of aliphatic hydroxyl groups excluding tert-OH is 1. The Morgan fingerprint density at radius 3 is 2.89 bits per heavy atom. The van der Waals surface area contributed by atoms with Gasteiger partial charge < -0.3 is 20.5 Å². The number of morpholine rings is 1. The van der Waals surface area contributed by atoms with E-state index in [2.05, 4.69) is 0 Å². The minimum Gasteiger partial charge on any atom is -0.397 e. The molecule has 1 fully saturated rings. The van der Waals surface area contributed by atoms with Gasteiger partial charge >= 0.3 is 0 Å². The molecule has 1 saturated heterocycles. The molecular formula is C12H17N3O4. The topological polar surface area (TPSA) is 102 Å². The molecule has 1 aliphatic heterocycles. The summed E-state index contributed by atoms with van der Waals surface area (Å²) in [7, 11) is 0. The van der Waals surface area contributed by atoms with Crippen LogP contribution in [0.25, 0.3) is 0 Å². The summed E-state index contributed by atoms with van der Waals surface area (Å²) in [5, 5.41) is 19.9. The van der Waals surface area contributed by atoms with Crippen LogP contribution in [0, 0.1) is 10.1 Å². The number of non-ortho nitro benzene ring substituents is 1. The second-order valence-corrected chi connectivity index (χ2v) is 4.66. The van der Waals surface area contributed by atoms with Crippen LogP contribution in [-0.2, 0) is 4.74 Å². The average Bonchev–Trinajstić information content (AvgIpc) is 2.37. The largest absolute Gasteiger partial charge is 0.397 e. The van der Waals surface area contributed by atoms with E-state index in [0.29, 0.717) is 18.8 Å². The Morgan fingerprint density at radius 2 is 2.32 bits per heavy atom. The fourth-order valence-corrected chi connectivity index (χ4v) is 2.29. The average molecular weight is 267 g/mol. The van der Waals surface area contributed by atoms with Gasteiger partial charge in [0.25, 0.3) is 5.69 Å². The lowest BCUT2D eigenvalue weighted by atomic mass is 10.1. The predicted octanol–water partition coefficient (Wildman–Crippen LogP) is 0.763. The fraction of sp³-hybridized carbons (Fsp3) is 0.500. The van der Waals surface area contributed by atoms with Crippen molar-refractivity contribution in [1.82, 2.24) is 0 Å². The van der Waals surface area contributed by atoms with Crippen molar-refractivity contribution in [2.45, 2.75) is 19.1 Å². The number of nitro groups is 1. The summed E-state index contributed by atoms with van der Waals surface area (Å²) in [6.45, 7) is 3.01. The Balaban J connectivity index is 2.23. The van der Waals surface area contributed by atoms with E-state index in [1.54, 1.807) is 6.07 Å². The molecule has 0 saturated carbocycles. The first-order chi connectivity index (χ1) is 9.01. The van der Waals surface area contributed by atoms with Crippen molar-refractivity contribution in [2.24, 2.45) is 0 Å². The third-order valence-corrected chi connectivity index (χ3v) is 3.09. The van der Waals surface area contributed by atoms with E-state index in [4.69, 9.17) is 10.5 Å². The first-order valence-electron chi connectivity index (χ1n) is 6.06. The van der Waals surface area contributed by atoms with Crippen molar-refractivity contribution < 1.29 is 14.8 Å². The zero-order chi connectivity index (χ0) is 14.0. The molecular weight excluding hydrogens is 250 g/mol. The molecule has 19 heavy (non-hydrogen) atoms. The lowest BCUT2D eigenvalue weighted by molar-refractivity contribution is -0.384. The molecule has 7 nitrogen and oxygen atoms in total. The van der Waals surface area contributed by atoms with E-state index < -0.39 is 4.92 Å². The zero-order valence-corrected chi connectivity index (χ0v) is 10.7. The summed E-state index contributed by atoms with van der Waals surface area (Å²) in [5.74, 6) is 0. The maximum Gasteiger partial charge on any atom is 0.271 e. The van der Waals surface area contributed by atoms with E-state index in [-0.39, 0.29) is 24.5 Å². The molecule has 104 valence electrons. The van der Waals surface area contributed by atoms with Crippen molar-refractivity contribution in [3.63, 3.8) is 0 Å². The monoisotopic (exact) mass is 267 g/mol. The minimum atomic E-state index is -0.474. The van der Waals surface area contributed by atoms with Crippen LogP contribution in [0.4, 0.5) is 17.1 Å². The maximum absolute atomic E-state index is 10.7. The van der Waals surface area contributed by atoms with Gasteiger partial charge in [0.15, 0.2) is 0 Å². The first kappa shape index (κ1) is 13.6. The Bertz CT molecular complexity index is 480. The number of hydrogen-bond acceptors (Lipinski definition) is 6. The Kier molecular flexibility index (Phi) is 3.87. The third kappa shape index (κ3) is 2.94. The van der Waals surface area contributed by atoms with Crippen molar-refractivity contribution >= 4 is 17.1 Å². The molecule has 1 aliphatic rings. The summed E-state index contributed by atoms with van der Waals surface area (Å²) in [5.41, 5.74) is 6.94. The van der Waals surface area contributed by atoms with Gasteiger partial charge in [-0.2, -0.15) is 0 Å². The molecule has 7 heteroatoms. The lowest BCUT2D eigenvalue weighted by Crippen LogP contribution is -2.48. The summed E-state index contributed by atoms with van der Waals surface area (Å²) >= 11 is 0. The molecule has 2 atom stereocenters. The minimum absolute atomic E-state index is 0.0266. The van der Waals surface area contributed by atoms with E-state index in [1.165, 1.54) is 12.1 Å². The number of nitrogen functional groups attached to an aromatic ring is 1. The van der Waals surface area contributed by atoms with Crippen LogP contribution in [0.3, 0.4) is 0 Å². The van der Waals surface area contributed by atoms with Gasteiger partial charge in [0.05, 0.1) is 35.1 Å². The highest BCUT2D eigenvalue weighted by molar-refractivity contribution is 5.70. The quantitative estimate of drug-likeness (QED) is 0.476. The Morgan fingerprint density at radius 1 is 1.58 bits per heavy atom. The summed E-state index contributed by atoms with van der Waals surface area (Å²) in [6, 6.07) is 4.42. The van der Waals surface area contributed by atoms with Crippen LogP contribution >= 0.6 is 0 Å². The lowest BCUT2D eigenvalue weighted by Gasteiger charge is -2.37. The normalized spacial score (nSPS) is 23.4. The number of nitrogens with zero attached hydrogens (tertiary/aromatic N) is 2. The molecule has 0 spiro atoms. The van der Waals surface area contributed by atoms with Gasteiger partial charge in [0, 0.05) is 25.2 Å². The molecule has 2 unspecified atom stereocenters. The highest BCUT2D eigenvalue weighted by Crippen LogP contribution is 2.29. The zero-order valence-electron chi connectivity index (χ0n) is 10.7. The molecule has 2 rings (SSSR count). The van der Waals surface area contributed by atoms with Crippen LogP contribution in [-0.4, -0.2) is 41.9 Å². The van der Waals surface area contributed by atoms with E-state index in [9.17, 15) is 15.2 Å². The summed E-state index contributed by atoms with van der Waals surface area (Å²) in [4.78, 5) is 12.2. The van der Waals surface area contributed by atoms with Crippen molar-refractivity contribution in [3.8, 4) is 0 Å². The van der Waals surface area contributed by atoms with Crippen molar-refractivity contribution in [3.05, 3.63) is 28.3 Å². The van der Waals surface area contributed by atoms with Crippen molar-refractivity contribution in [2.75, 3.05) is 30.3 Å². The second kappa shape index (κ2) is 5.41. The number of benzene rings is 1. The fourth-order valence-electron chi connectivity index (χ4n) is 2.29. The van der Waals surface area contributed by atoms with Gasteiger partial charge in [-0.25, -0.2) is 0 Å². The maximum atomic E-state index is 10.7. The van der Waals surface area contributed by atoms with Crippen LogP contribution in [0.1, 0.15) is 6.92 Å². The van der Waals surface area contributed by atoms with E-state index >= 15 is 0 Å². The number of rotatable bonds is 3. The Hall–Kier alpha value is -1.86. The number of aliphatic hydroxyl groups is 1. The Labute approximate surface area is 110 Å². The van der Waals surface area contributed by atoms with Crippen molar-refractivity contribution in [1.29, 1.82) is 0 Å². The smallest absolute Gasteiger partial charge is 0.271 e. The molecule has 0 aliphatic carbocycles. The number of nitrogens with two attached hydrogens (primary N) is 1. The van der Waals surface area contributed by atoms with E-state index in [0.717, 1.165) is 5.69 Å². The predicted molar refractivity (Wildman–Crippen MR) is 71.1 cm³/mol. The molecule has 0 bridgehead atoms. The van der Waals surface area contributed by atoms with Gasteiger partial charge in [0.2, 0.25) is 0 Å². The van der Waals surface area contributed by atoms with Crippen LogP contribution in [0.5, 0.6) is 0 Å². The SMILES string of the molecule is CC1CN(c2ccc([N+](=O)[O-])cc2N)CC(CO)O1. The molecule has 1 aromatic carbocycles. The van der Waals surface area contributed by atoms with Gasteiger partial charge in [-0.05, 0) is 13.0 Å². The van der Waals surface area contributed by atoms with E-state index in [1.807, 2.05) is 11.8 Å². The number of anilines is 2. The van der Waals surface area contributed by atoms with Crippen LogP contribution < -0.4 is 10.6 Å². The van der Waals surface area contributed by atoms with Gasteiger partial charge in [-0.15, -0.1) is 0 Å². The van der Waals surface area contributed by atoms with Crippen LogP contribution in [0.15, 0.2) is 18.2 Å². The molecule has 0 amide bonds. The summed E-state index contributed by atoms with van der Waals surface area (Å²) in [6.07, 6.45) is -0.293. The molecule has 3 N–H and O–H groups in total.